The Labute approximate surface area is 169 Å². The molecule has 0 fully saturated rings. The van der Waals surface area contributed by atoms with Gasteiger partial charge in [-0.05, 0) is 70.5 Å². The Morgan fingerprint density at radius 3 is 2.12 bits per heavy atom. The molecule has 0 saturated heterocycles. The van der Waals surface area contributed by atoms with Crippen molar-refractivity contribution in [3.05, 3.63) is 75.4 Å². The first kappa shape index (κ1) is 19.0. The van der Waals surface area contributed by atoms with Gasteiger partial charge in [0.05, 0.1) is 4.47 Å². The first-order valence-electron chi connectivity index (χ1n) is 7.21. The van der Waals surface area contributed by atoms with Gasteiger partial charge in [0.1, 0.15) is 21.5 Å². The number of sulfonamides is 1. The number of nitrogens with one attached hydrogen (secondary N) is 1. The maximum absolute atomic E-state index is 12.4. The van der Waals surface area contributed by atoms with Crippen LogP contribution in [0.4, 0.5) is 5.69 Å². The van der Waals surface area contributed by atoms with Crippen molar-refractivity contribution in [2.75, 3.05) is 4.72 Å². The second-order valence-electron chi connectivity index (χ2n) is 5.13. The molecule has 0 atom stereocenters. The maximum atomic E-state index is 12.4. The van der Waals surface area contributed by atoms with Crippen molar-refractivity contribution in [2.45, 2.75) is 4.90 Å². The van der Waals surface area contributed by atoms with E-state index in [4.69, 9.17) is 27.9 Å². The molecule has 1 aromatic heterocycles. The molecule has 0 spiro atoms. The number of anilines is 1. The third-order valence-electron chi connectivity index (χ3n) is 3.24. The van der Waals surface area contributed by atoms with Gasteiger partial charge in [-0.1, -0.05) is 23.2 Å². The Kier molecular flexibility index (Phi) is 5.72. The third-order valence-corrected chi connectivity index (χ3v) is 5.97. The molecular weight excluding hydrogens is 463 g/mol. The predicted molar refractivity (Wildman–Crippen MR) is 106 cm³/mol. The summed E-state index contributed by atoms with van der Waals surface area (Å²) in [7, 11) is -3.79. The molecule has 0 saturated carbocycles. The van der Waals surface area contributed by atoms with E-state index in [1.807, 2.05) is 0 Å². The Hall–Kier alpha value is -1.80. The van der Waals surface area contributed by atoms with E-state index in [-0.39, 0.29) is 10.0 Å². The van der Waals surface area contributed by atoms with Gasteiger partial charge in [0.15, 0.2) is 0 Å². The topological polar surface area (TPSA) is 68.3 Å². The van der Waals surface area contributed by atoms with Crippen LogP contribution in [0.3, 0.4) is 0 Å². The van der Waals surface area contributed by atoms with E-state index < -0.39 is 10.0 Å². The van der Waals surface area contributed by atoms with E-state index in [9.17, 15) is 8.42 Å². The average molecular weight is 474 g/mol. The van der Waals surface area contributed by atoms with Crippen LogP contribution in [0.25, 0.3) is 0 Å². The van der Waals surface area contributed by atoms with E-state index >= 15 is 0 Å². The number of ether oxygens (including phenoxy) is 1. The number of pyridine rings is 1. The SMILES string of the molecule is O=S(=O)(Nc1ccc(Oc2ccc(Cl)cc2)cc1)c1cnc(Cl)c(Br)c1. The summed E-state index contributed by atoms with van der Waals surface area (Å²) < 4.78 is 33.4. The normalized spacial score (nSPS) is 11.2. The summed E-state index contributed by atoms with van der Waals surface area (Å²) in [6, 6.07) is 14.8. The van der Waals surface area contributed by atoms with Crippen LogP contribution in [0.15, 0.2) is 70.2 Å². The van der Waals surface area contributed by atoms with Crippen molar-refractivity contribution in [2.24, 2.45) is 0 Å². The number of hydrogen-bond acceptors (Lipinski definition) is 4. The summed E-state index contributed by atoms with van der Waals surface area (Å²) in [6.45, 7) is 0. The number of halogens is 3. The molecule has 0 amide bonds. The number of nitrogens with zero attached hydrogens (tertiary/aromatic N) is 1. The fraction of sp³-hybridized carbons (Fsp3) is 0. The first-order chi connectivity index (χ1) is 12.3. The minimum atomic E-state index is -3.79. The summed E-state index contributed by atoms with van der Waals surface area (Å²) >= 11 is 14.8. The predicted octanol–water partition coefficient (Wildman–Crippen LogP) is 5.74. The Morgan fingerprint density at radius 2 is 1.54 bits per heavy atom. The molecule has 0 bridgehead atoms. The van der Waals surface area contributed by atoms with Crippen LogP contribution in [-0.2, 0) is 10.0 Å². The Bertz CT molecular complexity index is 1030. The molecule has 5 nitrogen and oxygen atoms in total. The number of benzene rings is 2. The van der Waals surface area contributed by atoms with Gasteiger partial charge < -0.3 is 4.74 Å². The molecule has 0 aliphatic heterocycles. The van der Waals surface area contributed by atoms with Gasteiger partial charge in [-0.3, -0.25) is 4.72 Å². The fourth-order valence-corrected chi connectivity index (χ4v) is 3.75. The number of aromatic nitrogens is 1. The summed E-state index contributed by atoms with van der Waals surface area (Å²) in [6.07, 6.45) is 1.19. The van der Waals surface area contributed by atoms with Crippen LogP contribution in [0.2, 0.25) is 10.2 Å². The van der Waals surface area contributed by atoms with Crippen molar-refractivity contribution >= 4 is 54.8 Å². The standard InChI is InChI=1S/C17H11BrCl2N2O3S/c18-16-9-15(10-21-17(16)20)26(23,24)22-12-3-7-14(8-4-12)25-13-5-1-11(19)2-6-13/h1-10,22H. The van der Waals surface area contributed by atoms with Crippen molar-refractivity contribution in [3.8, 4) is 11.5 Å². The zero-order valence-electron chi connectivity index (χ0n) is 13.0. The van der Waals surface area contributed by atoms with Crippen molar-refractivity contribution in [1.82, 2.24) is 4.98 Å². The highest BCUT2D eigenvalue weighted by molar-refractivity contribution is 9.10. The molecule has 134 valence electrons. The van der Waals surface area contributed by atoms with Gasteiger partial charge >= 0.3 is 0 Å². The molecule has 0 unspecified atom stereocenters. The second-order valence-corrected chi connectivity index (χ2v) is 8.46. The maximum Gasteiger partial charge on any atom is 0.263 e. The van der Waals surface area contributed by atoms with Crippen LogP contribution < -0.4 is 9.46 Å². The zero-order valence-corrected chi connectivity index (χ0v) is 16.9. The van der Waals surface area contributed by atoms with Gasteiger partial charge in [-0.25, -0.2) is 13.4 Å². The third kappa shape index (κ3) is 4.67. The average Bonchev–Trinajstić information content (AvgIpc) is 2.61. The highest BCUT2D eigenvalue weighted by Gasteiger charge is 2.16. The molecule has 3 aromatic rings. The largest absolute Gasteiger partial charge is 0.457 e. The fourth-order valence-electron chi connectivity index (χ4n) is 1.99. The minimum Gasteiger partial charge on any atom is -0.457 e. The van der Waals surface area contributed by atoms with Gasteiger partial charge in [-0.15, -0.1) is 0 Å². The molecule has 1 heterocycles. The molecule has 1 N–H and O–H groups in total. The highest BCUT2D eigenvalue weighted by Crippen LogP contribution is 2.27. The minimum absolute atomic E-state index is 0.00438. The summed E-state index contributed by atoms with van der Waals surface area (Å²) in [4.78, 5) is 3.82. The smallest absolute Gasteiger partial charge is 0.263 e. The van der Waals surface area contributed by atoms with E-state index in [1.165, 1.54) is 12.3 Å². The van der Waals surface area contributed by atoms with E-state index in [1.54, 1.807) is 48.5 Å². The van der Waals surface area contributed by atoms with Gasteiger partial charge in [-0.2, -0.15) is 0 Å². The Morgan fingerprint density at radius 1 is 0.962 bits per heavy atom. The molecule has 3 rings (SSSR count). The van der Waals surface area contributed by atoms with Gasteiger partial charge in [0, 0.05) is 16.9 Å². The molecule has 0 aliphatic carbocycles. The van der Waals surface area contributed by atoms with Crippen LogP contribution in [0, 0.1) is 0 Å². The van der Waals surface area contributed by atoms with Crippen LogP contribution in [-0.4, -0.2) is 13.4 Å². The first-order valence-corrected chi connectivity index (χ1v) is 10.2. The van der Waals surface area contributed by atoms with Crippen LogP contribution in [0.5, 0.6) is 11.5 Å². The molecule has 0 radical (unpaired) electrons. The van der Waals surface area contributed by atoms with Gasteiger partial charge in [0.2, 0.25) is 0 Å². The van der Waals surface area contributed by atoms with E-state index in [0.717, 1.165) is 0 Å². The monoisotopic (exact) mass is 472 g/mol. The molecule has 26 heavy (non-hydrogen) atoms. The van der Waals surface area contributed by atoms with Crippen molar-refractivity contribution in [3.63, 3.8) is 0 Å². The van der Waals surface area contributed by atoms with E-state index in [2.05, 4.69) is 25.6 Å². The lowest BCUT2D eigenvalue weighted by Crippen LogP contribution is -2.13. The lowest BCUT2D eigenvalue weighted by atomic mass is 10.3. The zero-order chi connectivity index (χ0) is 18.7. The molecular formula is C17H11BrCl2N2O3S. The second kappa shape index (κ2) is 7.84. The van der Waals surface area contributed by atoms with Crippen molar-refractivity contribution in [1.29, 1.82) is 0 Å². The van der Waals surface area contributed by atoms with E-state index in [0.29, 0.717) is 26.7 Å². The molecule has 9 heteroatoms. The lowest BCUT2D eigenvalue weighted by molar-refractivity contribution is 0.483. The molecule has 2 aromatic carbocycles. The lowest BCUT2D eigenvalue weighted by Gasteiger charge is -2.10. The summed E-state index contributed by atoms with van der Waals surface area (Å²) in [5.41, 5.74) is 0.388. The van der Waals surface area contributed by atoms with Crippen LogP contribution in [0.1, 0.15) is 0 Å². The van der Waals surface area contributed by atoms with Crippen molar-refractivity contribution < 1.29 is 13.2 Å². The Balaban J connectivity index is 1.73. The number of hydrogen-bond donors (Lipinski definition) is 1. The molecule has 0 aliphatic rings. The number of rotatable bonds is 5. The highest BCUT2D eigenvalue weighted by atomic mass is 79.9. The summed E-state index contributed by atoms with van der Waals surface area (Å²) in [5, 5.41) is 0.804. The quantitative estimate of drug-likeness (QED) is 0.479. The van der Waals surface area contributed by atoms with Crippen LogP contribution >= 0.6 is 39.1 Å². The summed E-state index contributed by atoms with van der Waals surface area (Å²) in [5.74, 6) is 1.19. The van der Waals surface area contributed by atoms with Gasteiger partial charge in [0.25, 0.3) is 10.0 Å².